The molecule has 134 valence electrons. The van der Waals surface area contributed by atoms with E-state index in [0.717, 1.165) is 4.47 Å². The molecule has 3 N–H and O–H groups in total. The van der Waals surface area contributed by atoms with Crippen molar-refractivity contribution >= 4 is 54.8 Å². The quantitative estimate of drug-likeness (QED) is 0.289. The largest absolute Gasteiger partial charge is 0.0610 e. The molecule has 4 rings (SSSR count). The predicted octanol–water partition coefficient (Wildman–Crippen LogP) is 4.77. The Morgan fingerprint density at radius 3 is 2.00 bits per heavy atom. The normalized spacial score (nSPS) is 10.3. The molecule has 0 saturated heterocycles. The second-order valence-corrected chi connectivity index (χ2v) is 7.35. The molecule has 27 heavy (non-hydrogen) atoms. The van der Waals surface area contributed by atoms with Crippen LogP contribution in [0.2, 0.25) is 0 Å². The Morgan fingerprint density at radius 1 is 0.852 bits per heavy atom. The fourth-order valence-electron chi connectivity index (χ4n) is 2.33. The van der Waals surface area contributed by atoms with Crippen molar-refractivity contribution < 1.29 is 14.7 Å². The molecule has 2 amide bonds. The third-order valence-corrected chi connectivity index (χ3v) is 4.95. The number of aromatic hydroxyl groups is 1. The number of phenolic OH excluding ortho intramolecular Hbond substituents is 1. The molecule has 0 aliphatic heterocycles. The number of halogens is 1. The van der Waals surface area contributed by atoms with Gasteiger partial charge in [-0.2, -0.15) is 0 Å². The standard InChI is InChI=1S/C14H10AsBrN2O3.C6H4/c15-13(20)8-4-3-7-11(12(8)19)18-14(21)17-10-6-2-1-5-9(10)16;1-2-5-4-6(5)3-1/h1-7,19H,(H2,17,18,21);1-4H. The number of carbonyl (C=O) groups excluding carboxylic acids is 2. The minimum Gasteiger partial charge on any atom is -0.0610 e. The number of rotatable bonds is 3. The number of carbonyl (C=O) groups is 2. The van der Waals surface area contributed by atoms with Gasteiger partial charge in [-0.3, -0.25) is 0 Å². The number of nitrogens with one attached hydrogen (secondary N) is 2. The molecule has 2 aromatic carbocycles. The van der Waals surface area contributed by atoms with Gasteiger partial charge in [-0.25, -0.2) is 0 Å². The topological polar surface area (TPSA) is 78.4 Å². The van der Waals surface area contributed by atoms with Crippen LogP contribution in [0.15, 0.2) is 71.2 Å². The van der Waals surface area contributed by atoms with Crippen molar-refractivity contribution in [1.29, 1.82) is 0 Å². The monoisotopic (exact) mass is 484 g/mol. The zero-order valence-corrected chi connectivity index (χ0v) is 17.4. The maximum absolute atomic E-state index is 11.9. The van der Waals surface area contributed by atoms with Crippen molar-refractivity contribution in [3.63, 3.8) is 0 Å². The second kappa shape index (κ2) is 8.42. The molecule has 7 heteroatoms. The van der Waals surface area contributed by atoms with Gasteiger partial charge in [0.2, 0.25) is 0 Å². The molecule has 2 aliphatic rings. The molecule has 0 spiro atoms. The van der Waals surface area contributed by atoms with E-state index in [9.17, 15) is 14.7 Å². The van der Waals surface area contributed by atoms with E-state index in [1.807, 2.05) is 22.9 Å². The summed E-state index contributed by atoms with van der Waals surface area (Å²) in [5, 5.41) is 15.1. The summed E-state index contributed by atoms with van der Waals surface area (Å²) in [6, 6.07) is 19.7. The number of hydrogen-bond acceptors (Lipinski definition) is 3. The summed E-state index contributed by atoms with van der Waals surface area (Å²) in [6.45, 7) is 0. The van der Waals surface area contributed by atoms with E-state index in [1.165, 1.54) is 23.3 Å². The number of para-hydroxylation sites is 2. The van der Waals surface area contributed by atoms with E-state index in [2.05, 4.69) is 50.8 Å². The maximum atomic E-state index is 11.9. The number of amides is 2. The Labute approximate surface area is 173 Å². The third-order valence-electron chi connectivity index (χ3n) is 3.75. The van der Waals surface area contributed by atoms with Crippen LogP contribution in [0.5, 0.6) is 5.75 Å². The number of hydrogen-bond donors (Lipinski definition) is 3. The third kappa shape index (κ3) is 5.00. The smallest absolute Gasteiger partial charge is 0.0178 e. The predicted molar refractivity (Wildman–Crippen MR) is 110 cm³/mol. The van der Waals surface area contributed by atoms with Crippen LogP contribution in [0.25, 0.3) is 11.1 Å². The Balaban J connectivity index is 0.000000290. The van der Waals surface area contributed by atoms with Crippen molar-refractivity contribution in [2.75, 3.05) is 10.6 Å². The Bertz CT molecular complexity index is 1010. The Morgan fingerprint density at radius 2 is 1.44 bits per heavy atom. The van der Waals surface area contributed by atoms with Gasteiger partial charge < -0.3 is 0 Å². The molecular formula is C20H14AsBrN2O3. The molecule has 0 heterocycles. The first-order valence-electron chi connectivity index (χ1n) is 7.94. The molecule has 0 unspecified atom stereocenters. The average Bonchev–Trinajstić information content (AvgIpc) is 3.24. The zero-order valence-electron chi connectivity index (χ0n) is 13.9. The zero-order chi connectivity index (χ0) is 19.4. The summed E-state index contributed by atoms with van der Waals surface area (Å²) in [6.07, 6.45) is 0. The number of urea groups is 1. The van der Waals surface area contributed by atoms with Gasteiger partial charge in [-0.15, -0.1) is 0 Å². The van der Waals surface area contributed by atoms with Crippen molar-refractivity contribution in [2.45, 2.75) is 0 Å². The molecule has 2 aliphatic carbocycles. The van der Waals surface area contributed by atoms with E-state index < -0.39 is 6.03 Å². The van der Waals surface area contributed by atoms with Crippen molar-refractivity contribution in [3.05, 3.63) is 76.8 Å². The van der Waals surface area contributed by atoms with Gasteiger partial charge in [0.1, 0.15) is 0 Å². The average molecular weight is 485 g/mol. The Hall–Kier alpha value is -2.56. The molecule has 0 fully saturated rings. The van der Waals surface area contributed by atoms with E-state index >= 15 is 0 Å². The van der Waals surface area contributed by atoms with Crippen LogP contribution in [0.1, 0.15) is 10.4 Å². The minimum atomic E-state index is -0.521. The molecule has 5 nitrogen and oxygen atoms in total. The van der Waals surface area contributed by atoms with Crippen LogP contribution in [0.3, 0.4) is 0 Å². The molecule has 0 aromatic heterocycles. The van der Waals surface area contributed by atoms with Crippen LogP contribution in [0.4, 0.5) is 16.2 Å². The van der Waals surface area contributed by atoms with Crippen LogP contribution in [-0.2, 0) is 0 Å². The molecule has 0 bridgehead atoms. The minimum absolute atomic E-state index is 0.133. The summed E-state index contributed by atoms with van der Waals surface area (Å²) in [4.78, 5) is 23.2. The SMILES string of the molecule is O=C(Nc1ccccc1Br)Nc1cccc(C(=O)[As])c1O.c1cc2cc-2c1. The summed E-state index contributed by atoms with van der Waals surface area (Å²) in [7, 11) is 0. The summed E-state index contributed by atoms with van der Waals surface area (Å²) in [5.74, 6) is -0.259. The number of phenols is 1. The van der Waals surface area contributed by atoms with Gasteiger partial charge in [-0.05, 0) is 17.2 Å². The first-order chi connectivity index (χ1) is 13.0. The van der Waals surface area contributed by atoms with E-state index in [1.54, 1.807) is 24.3 Å². The van der Waals surface area contributed by atoms with Gasteiger partial charge in [0, 0.05) is 0 Å². The fourth-order valence-corrected chi connectivity index (χ4v) is 3.09. The van der Waals surface area contributed by atoms with Gasteiger partial charge >= 0.3 is 138 Å². The van der Waals surface area contributed by atoms with Gasteiger partial charge in [0.25, 0.3) is 0 Å². The molecule has 0 atom stereocenters. The second-order valence-electron chi connectivity index (χ2n) is 5.65. The summed E-state index contributed by atoms with van der Waals surface area (Å²) < 4.78 is 0.397. The summed E-state index contributed by atoms with van der Waals surface area (Å²) in [5.41, 5.74) is 3.74. The van der Waals surface area contributed by atoms with Gasteiger partial charge in [0.15, 0.2) is 0 Å². The summed E-state index contributed by atoms with van der Waals surface area (Å²) >= 11 is 5.14. The van der Waals surface area contributed by atoms with Crippen molar-refractivity contribution in [3.8, 4) is 16.9 Å². The Kier molecular flexibility index (Phi) is 5.99. The number of benzene rings is 3. The molecule has 2 aromatic rings. The van der Waals surface area contributed by atoms with Crippen LogP contribution in [0, 0.1) is 0 Å². The first-order valence-corrected chi connectivity index (χ1v) is 9.67. The van der Waals surface area contributed by atoms with E-state index in [0.29, 0.717) is 5.69 Å². The molecule has 2 radical (unpaired) electrons. The van der Waals surface area contributed by atoms with Crippen LogP contribution in [-0.4, -0.2) is 32.6 Å². The van der Waals surface area contributed by atoms with E-state index in [-0.39, 0.29) is 21.6 Å². The van der Waals surface area contributed by atoms with Gasteiger partial charge in [-0.1, -0.05) is 18.2 Å². The van der Waals surface area contributed by atoms with Crippen molar-refractivity contribution in [1.82, 2.24) is 0 Å². The molecular weight excluding hydrogens is 471 g/mol. The molecule has 0 saturated carbocycles. The van der Waals surface area contributed by atoms with Crippen molar-refractivity contribution in [2.24, 2.45) is 0 Å². The first kappa shape index (κ1) is 19.2. The number of anilines is 2. The maximum Gasteiger partial charge on any atom is -0.0178 e. The van der Waals surface area contributed by atoms with E-state index in [4.69, 9.17) is 0 Å². The van der Waals surface area contributed by atoms with Gasteiger partial charge in [0.05, 0.1) is 0 Å². The van der Waals surface area contributed by atoms with Crippen LogP contribution < -0.4 is 10.6 Å². The fraction of sp³-hybridized carbons (Fsp3) is 0. The van der Waals surface area contributed by atoms with Crippen LogP contribution >= 0.6 is 15.9 Å². The number of fused-ring (bicyclic) bond motifs is 1.